The highest BCUT2D eigenvalue weighted by Crippen LogP contribution is 2.55. The minimum absolute atomic E-state index is 0.0559. The van der Waals surface area contributed by atoms with Gasteiger partial charge in [-0.25, -0.2) is 0 Å². The van der Waals surface area contributed by atoms with Gasteiger partial charge in [0.05, 0.1) is 11.0 Å². The van der Waals surface area contributed by atoms with Crippen molar-refractivity contribution >= 4 is 38.9 Å². The van der Waals surface area contributed by atoms with Gasteiger partial charge in [-0.3, -0.25) is 0 Å². The fraction of sp³-hybridized carbons (Fsp3) is 0.392. The number of hydrogen-bond donors (Lipinski definition) is 0. The second kappa shape index (κ2) is 27.9. The Morgan fingerprint density at radius 1 is 0.333 bits per heavy atom. The summed E-state index contributed by atoms with van der Waals surface area (Å²) in [5.74, 6) is 0. The molecule has 0 radical (unpaired) electrons. The molecule has 9 aromatic rings. The van der Waals surface area contributed by atoms with E-state index in [2.05, 4.69) is 221 Å². The highest BCUT2D eigenvalue weighted by atomic mass is 15.1. The van der Waals surface area contributed by atoms with Crippen molar-refractivity contribution in [2.24, 2.45) is 0 Å². The second-order valence-corrected chi connectivity index (χ2v) is 24.4. The zero-order valence-electron chi connectivity index (χ0n) is 50.5. The maximum absolute atomic E-state index is 2.61. The van der Waals surface area contributed by atoms with E-state index in [1.807, 2.05) is 0 Å². The monoisotopic (exact) mass is 1070 g/mol. The van der Waals surface area contributed by atoms with Gasteiger partial charge in [0.15, 0.2) is 0 Å². The fourth-order valence-corrected chi connectivity index (χ4v) is 13.6. The summed E-state index contributed by atoms with van der Waals surface area (Å²) in [7, 11) is 0. The fourth-order valence-electron chi connectivity index (χ4n) is 13.6. The Morgan fingerprint density at radius 3 is 1.21 bits per heavy atom. The van der Waals surface area contributed by atoms with E-state index in [0.29, 0.717) is 0 Å². The normalized spacial score (nSPS) is 12.6. The average molecular weight is 1070 g/mol. The molecule has 0 saturated carbocycles. The van der Waals surface area contributed by atoms with Crippen LogP contribution in [0.3, 0.4) is 0 Å². The summed E-state index contributed by atoms with van der Waals surface area (Å²) in [6.07, 6.45) is 31.0. The van der Waals surface area contributed by atoms with Crippen molar-refractivity contribution in [3.05, 3.63) is 203 Å². The Morgan fingerprint density at radius 2 is 0.716 bits per heavy atom. The molecule has 1 aromatic heterocycles. The van der Waals surface area contributed by atoms with Gasteiger partial charge in [-0.1, -0.05) is 245 Å². The smallest absolute Gasteiger partial charge is 0.0541 e. The molecule has 0 bridgehead atoms. The SMILES string of the molecule is CCCCCCCCC1(CCCCCCCC)c2cc(C)ccc2-c2ccc(-c3ccc(N(c4ccc(C)cc4)c4ccc(-c5ccc(-n6c7ccc(CCCCCC)cc7c7cc(CCCCCC)ccc76)cc5)cc4)cc3)cc21. The molecule has 1 aliphatic carbocycles. The molecular weight excluding hydrogens is 977 g/mol. The van der Waals surface area contributed by atoms with Crippen molar-refractivity contribution in [3.8, 4) is 39.1 Å². The number of hydrogen-bond acceptors (Lipinski definition) is 1. The summed E-state index contributed by atoms with van der Waals surface area (Å²) in [5, 5.41) is 2.76. The van der Waals surface area contributed by atoms with E-state index < -0.39 is 0 Å². The van der Waals surface area contributed by atoms with Gasteiger partial charge in [-0.15, -0.1) is 0 Å². The number of aryl methyl sites for hydroxylation is 4. The van der Waals surface area contributed by atoms with Crippen molar-refractivity contribution in [1.29, 1.82) is 0 Å². The highest BCUT2D eigenvalue weighted by Gasteiger charge is 2.42. The van der Waals surface area contributed by atoms with E-state index >= 15 is 0 Å². The summed E-state index contributed by atoms with van der Waals surface area (Å²) < 4.78 is 2.50. The van der Waals surface area contributed by atoms with Crippen molar-refractivity contribution in [3.63, 3.8) is 0 Å². The first-order valence-corrected chi connectivity index (χ1v) is 32.3. The predicted molar refractivity (Wildman–Crippen MR) is 354 cm³/mol. The molecule has 8 aromatic carbocycles. The molecule has 0 fully saturated rings. The number of fused-ring (bicyclic) bond motifs is 6. The van der Waals surface area contributed by atoms with E-state index in [9.17, 15) is 0 Å². The summed E-state index contributed by atoms with van der Waals surface area (Å²) >= 11 is 0. The molecule has 0 saturated heterocycles. The van der Waals surface area contributed by atoms with Crippen LogP contribution in [0.15, 0.2) is 170 Å². The van der Waals surface area contributed by atoms with Gasteiger partial charge in [0.25, 0.3) is 0 Å². The molecule has 0 atom stereocenters. The second-order valence-electron chi connectivity index (χ2n) is 24.4. The average Bonchev–Trinajstić information content (AvgIpc) is 3.72. The Bertz CT molecular complexity index is 3340. The van der Waals surface area contributed by atoms with Crippen LogP contribution in [-0.2, 0) is 18.3 Å². The topological polar surface area (TPSA) is 8.17 Å². The first-order chi connectivity index (χ1) is 39.8. The number of unbranched alkanes of at least 4 members (excludes halogenated alkanes) is 16. The number of anilines is 3. The standard InChI is InChI=1S/C79H94N2/c1-7-11-15-19-21-25-53-79(54-26-22-20-16-12-8-2)75-55-60(6)31-49-71(75)72-50-40-66(58-76(72)79)65-38-45-69(46-39-65)80(67-41-29-59(5)30-42-67)68-43-34-63(35-44-68)64-36-47-70(48-37-64)81-77-51-32-61(27-23-17-13-9-3)56-73(77)74-57-62(33-52-78(74)81)28-24-18-14-10-4/h29-52,55-58H,7-28,53-54H2,1-6H3. The predicted octanol–water partition coefficient (Wildman–Crippen LogP) is 24.2. The van der Waals surface area contributed by atoms with Crippen LogP contribution >= 0.6 is 0 Å². The van der Waals surface area contributed by atoms with Gasteiger partial charge in [-0.05, 0) is 187 Å². The molecule has 0 amide bonds. The third-order valence-electron chi connectivity index (χ3n) is 18.3. The lowest BCUT2D eigenvalue weighted by Crippen LogP contribution is -2.25. The van der Waals surface area contributed by atoms with Gasteiger partial charge >= 0.3 is 0 Å². The number of aromatic nitrogens is 1. The van der Waals surface area contributed by atoms with Crippen molar-refractivity contribution in [2.45, 2.75) is 201 Å². The Kier molecular flexibility index (Phi) is 19.8. The van der Waals surface area contributed by atoms with E-state index in [0.717, 1.165) is 29.9 Å². The molecule has 0 spiro atoms. The molecule has 10 rings (SSSR count). The van der Waals surface area contributed by atoms with Crippen molar-refractivity contribution in [2.75, 3.05) is 4.90 Å². The van der Waals surface area contributed by atoms with Crippen LogP contribution in [0, 0.1) is 13.8 Å². The molecule has 0 aliphatic heterocycles. The molecule has 1 heterocycles. The number of benzene rings is 8. The van der Waals surface area contributed by atoms with E-state index in [-0.39, 0.29) is 5.41 Å². The maximum atomic E-state index is 2.61. The molecule has 0 unspecified atom stereocenters. The molecule has 2 heteroatoms. The summed E-state index contributed by atoms with van der Waals surface area (Å²) in [6, 6.07) is 66.2. The van der Waals surface area contributed by atoms with Gasteiger partial charge in [0.1, 0.15) is 0 Å². The van der Waals surface area contributed by atoms with Gasteiger partial charge in [-0.2, -0.15) is 0 Å². The molecule has 2 nitrogen and oxygen atoms in total. The third kappa shape index (κ3) is 13.3. The van der Waals surface area contributed by atoms with Crippen LogP contribution < -0.4 is 4.90 Å². The van der Waals surface area contributed by atoms with Crippen LogP contribution in [-0.4, -0.2) is 4.57 Å². The maximum Gasteiger partial charge on any atom is 0.0541 e. The Hall–Kier alpha value is -6.64. The third-order valence-corrected chi connectivity index (χ3v) is 18.3. The number of nitrogens with zero attached hydrogens (tertiary/aromatic N) is 2. The largest absolute Gasteiger partial charge is 0.311 e. The first-order valence-electron chi connectivity index (χ1n) is 32.3. The minimum atomic E-state index is 0.0559. The van der Waals surface area contributed by atoms with E-state index in [1.165, 1.54) is 224 Å². The Labute approximate surface area is 489 Å². The zero-order chi connectivity index (χ0) is 56.0. The van der Waals surface area contributed by atoms with Crippen LogP contribution in [0.4, 0.5) is 17.1 Å². The number of rotatable bonds is 30. The minimum Gasteiger partial charge on any atom is -0.311 e. The van der Waals surface area contributed by atoms with Crippen molar-refractivity contribution in [1.82, 2.24) is 4.57 Å². The lowest BCUT2D eigenvalue weighted by molar-refractivity contribution is 0.398. The molecular formula is C79H94N2. The Balaban J connectivity index is 0.924. The quantitative estimate of drug-likeness (QED) is 0.0408. The van der Waals surface area contributed by atoms with E-state index in [4.69, 9.17) is 0 Å². The molecule has 420 valence electrons. The molecule has 1 aliphatic rings. The summed E-state index contributed by atoms with van der Waals surface area (Å²) in [6.45, 7) is 13.7. The van der Waals surface area contributed by atoms with Crippen molar-refractivity contribution < 1.29 is 0 Å². The summed E-state index contributed by atoms with van der Waals surface area (Å²) in [5.41, 5.74) is 24.0. The van der Waals surface area contributed by atoms with Gasteiger partial charge in [0.2, 0.25) is 0 Å². The van der Waals surface area contributed by atoms with E-state index in [1.54, 1.807) is 11.1 Å². The zero-order valence-corrected chi connectivity index (χ0v) is 50.5. The first kappa shape index (κ1) is 57.6. The van der Waals surface area contributed by atoms with Crippen LogP contribution in [0.1, 0.15) is 202 Å². The van der Waals surface area contributed by atoms with Crippen LogP contribution in [0.5, 0.6) is 0 Å². The summed E-state index contributed by atoms with van der Waals surface area (Å²) in [4.78, 5) is 2.42. The molecule has 0 N–H and O–H groups in total. The van der Waals surface area contributed by atoms with Gasteiger partial charge in [0, 0.05) is 38.9 Å². The van der Waals surface area contributed by atoms with Gasteiger partial charge < -0.3 is 9.47 Å². The molecule has 81 heavy (non-hydrogen) atoms. The highest BCUT2D eigenvalue weighted by molar-refractivity contribution is 6.09. The lowest BCUT2D eigenvalue weighted by Gasteiger charge is -2.33. The van der Waals surface area contributed by atoms with Crippen LogP contribution in [0.25, 0.3) is 60.9 Å². The lowest BCUT2D eigenvalue weighted by atomic mass is 9.70. The van der Waals surface area contributed by atoms with Crippen LogP contribution in [0.2, 0.25) is 0 Å².